The summed E-state index contributed by atoms with van der Waals surface area (Å²) < 4.78 is 5.10. The van der Waals surface area contributed by atoms with E-state index in [-0.39, 0.29) is 33.5 Å². The number of rotatable bonds is 5. The van der Waals surface area contributed by atoms with E-state index in [4.69, 9.17) is 27.9 Å². The molecule has 1 heterocycles. The minimum Gasteiger partial charge on any atom is -0.496 e. The molecule has 0 radical (unpaired) electrons. The summed E-state index contributed by atoms with van der Waals surface area (Å²) in [7, 11) is 1.45. The van der Waals surface area contributed by atoms with Crippen LogP contribution in [0.5, 0.6) is 5.75 Å². The number of Topliss-reactive ketones (excluding diaryl/α,β-unsaturated/α-hetero) is 1. The zero-order valence-electron chi connectivity index (χ0n) is 13.7. The summed E-state index contributed by atoms with van der Waals surface area (Å²) in [5, 5.41) is 23.1. The number of aliphatic hydroxyl groups excluding tert-OH is 1. The first kappa shape index (κ1) is 18.7. The smallest absolute Gasteiger partial charge is 0.261 e. The lowest BCUT2D eigenvalue weighted by atomic mass is 9.87. The molecule has 2 aromatic rings. The van der Waals surface area contributed by atoms with Crippen LogP contribution < -0.4 is 10.1 Å². The third-order valence-electron chi connectivity index (χ3n) is 4.32. The lowest BCUT2D eigenvalue weighted by molar-refractivity contribution is -0.133. The van der Waals surface area contributed by atoms with Crippen molar-refractivity contribution in [2.75, 3.05) is 12.4 Å². The van der Waals surface area contributed by atoms with Crippen LogP contribution in [0.15, 0.2) is 30.3 Å². The van der Waals surface area contributed by atoms with Gasteiger partial charge in [-0.25, -0.2) is 0 Å². The molecule has 6 nitrogen and oxygen atoms in total. The Bertz CT molecular complexity index is 915. The summed E-state index contributed by atoms with van der Waals surface area (Å²) in [6.45, 7) is -0.320. The molecule has 0 saturated carbocycles. The molecule has 136 valence electrons. The average Bonchev–Trinajstić information content (AvgIpc) is 2.89. The van der Waals surface area contributed by atoms with E-state index >= 15 is 0 Å². The number of ketones is 1. The molecular weight excluding hydrogens is 381 g/mol. The second-order valence-corrected chi connectivity index (χ2v) is 6.69. The van der Waals surface area contributed by atoms with Crippen LogP contribution in [0, 0.1) is 0 Å². The Kier molecular flexibility index (Phi) is 4.94. The maximum absolute atomic E-state index is 12.7. The predicted octanol–water partition coefficient (Wildman–Crippen LogP) is 2.91. The van der Waals surface area contributed by atoms with Crippen molar-refractivity contribution in [1.82, 2.24) is 0 Å². The molecule has 2 aromatic carbocycles. The number of ether oxygens (including phenoxy) is 1. The van der Waals surface area contributed by atoms with Gasteiger partial charge in [-0.1, -0.05) is 23.2 Å². The van der Waals surface area contributed by atoms with Gasteiger partial charge in [-0.2, -0.15) is 0 Å². The third kappa shape index (κ3) is 2.95. The van der Waals surface area contributed by atoms with Gasteiger partial charge in [0.25, 0.3) is 5.91 Å². The Hall–Kier alpha value is -2.12. The molecule has 0 saturated heterocycles. The van der Waals surface area contributed by atoms with Crippen LogP contribution in [0.1, 0.15) is 27.9 Å². The molecule has 1 atom stereocenters. The Labute approximate surface area is 159 Å². The molecule has 1 aliphatic rings. The molecule has 8 heteroatoms. The summed E-state index contributed by atoms with van der Waals surface area (Å²) in [6.07, 6.45) is -0.525. The SMILES string of the molecule is COc1ccc(C(=O)CC2(O)C(=O)Nc3c(Cl)ccc(Cl)c32)cc1CO. The molecule has 0 spiro atoms. The van der Waals surface area contributed by atoms with Gasteiger partial charge in [0, 0.05) is 21.7 Å². The molecule has 0 aliphatic carbocycles. The molecule has 0 fully saturated rings. The maximum atomic E-state index is 12.7. The van der Waals surface area contributed by atoms with Crippen LogP contribution in [0.25, 0.3) is 0 Å². The van der Waals surface area contributed by atoms with E-state index in [2.05, 4.69) is 5.32 Å². The zero-order valence-corrected chi connectivity index (χ0v) is 15.2. The maximum Gasteiger partial charge on any atom is 0.261 e. The van der Waals surface area contributed by atoms with Gasteiger partial charge in [0.2, 0.25) is 0 Å². The minimum atomic E-state index is -2.13. The van der Waals surface area contributed by atoms with Crippen LogP contribution in [0.2, 0.25) is 10.0 Å². The molecule has 3 rings (SSSR count). The Morgan fingerprint density at radius 1 is 1.23 bits per heavy atom. The molecule has 3 N–H and O–H groups in total. The van der Waals surface area contributed by atoms with Gasteiger partial charge in [0.1, 0.15) is 5.75 Å². The fourth-order valence-corrected chi connectivity index (χ4v) is 3.51. The second kappa shape index (κ2) is 6.89. The van der Waals surface area contributed by atoms with Crippen molar-refractivity contribution in [1.29, 1.82) is 0 Å². The summed E-state index contributed by atoms with van der Waals surface area (Å²) in [5.74, 6) is -0.836. The van der Waals surface area contributed by atoms with Crippen molar-refractivity contribution in [3.63, 3.8) is 0 Å². The number of carbonyl (C=O) groups is 2. The van der Waals surface area contributed by atoms with E-state index in [0.29, 0.717) is 11.3 Å². The highest BCUT2D eigenvalue weighted by Gasteiger charge is 2.49. The third-order valence-corrected chi connectivity index (χ3v) is 4.95. The van der Waals surface area contributed by atoms with E-state index in [0.717, 1.165) is 0 Å². The number of hydrogen-bond donors (Lipinski definition) is 3. The number of amides is 1. The van der Waals surface area contributed by atoms with E-state index in [9.17, 15) is 19.8 Å². The van der Waals surface area contributed by atoms with Gasteiger partial charge in [-0.05, 0) is 30.3 Å². The number of fused-ring (bicyclic) bond motifs is 1. The minimum absolute atomic E-state index is 0.0842. The van der Waals surface area contributed by atoms with Crippen molar-refractivity contribution < 1.29 is 24.5 Å². The van der Waals surface area contributed by atoms with Crippen molar-refractivity contribution in [3.8, 4) is 5.75 Å². The zero-order chi connectivity index (χ0) is 19.1. The fourth-order valence-electron chi connectivity index (χ4n) is 2.99. The fraction of sp³-hybridized carbons (Fsp3) is 0.222. The first-order valence-corrected chi connectivity index (χ1v) is 8.40. The summed E-state index contributed by atoms with van der Waals surface area (Å²) in [4.78, 5) is 25.0. The van der Waals surface area contributed by atoms with Gasteiger partial charge < -0.3 is 20.3 Å². The van der Waals surface area contributed by atoms with E-state index < -0.39 is 23.7 Å². The summed E-state index contributed by atoms with van der Waals surface area (Å²) >= 11 is 12.2. The van der Waals surface area contributed by atoms with Crippen molar-refractivity contribution in [2.45, 2.75) is 18.6 Å². The van der Waals surface area contributed by atoms with Crippen molar-refractivity contribution >= 4 is 40.6 Å². The molecular formula is C18H15Cl2NO5. The summed E-state index contributed by atoms with van der Waals surface area (Å²) in [6, 6.07) is 7.44. The quantitative estimate of drug-likeness (QED) is 0.676. The lowest BCUT2D eigenvalue weighted by Gasteiger charge is -2.21. The normalized spacial score (nSPS) is 18.4. The molecule has 1 aliphatic heterocycles. The van der Waals surface area contributed by atoms with Gasteiger partial charge >= 0.3 is 0 Å². The van der Waals surface area contributed by atoms with Gasteiger partial charge in [-0.3, -0.25) is 9.59 Å². The number of aliphatic hydroxyl groups is 2. The summed E-state index contributed by atoms with van der Waals surface area (Å²) in [5.41, 5.74) is -1.20. The highest BCUT2D eigenvalue weighted by molar-refractivity contribution is 6.38. The second-order valence-electron chi connectivity index (χ2n) is 5.88. The number of nitrogens with one attached hydrogen (secondary N) is 1. The van der Waals surface area contributed by atoms with Crippen LogP contribution in [0.4, 0.5) is 5.69 Å². The van der Waals surface area contributed by atoms with Crippen molar-refractivity contribution in [3.05, 3.63) is 57.1 Å². The Morgan fingerprint density at radius 3 is 2.58 bits per heavy atom. The number of benzene rings is 2. The van der Waals surface area contributed by atoms with Crippen LogP contribution in [-0.4, -0.2) is 29.0 Å². The molecule has 1 unspecified atom stereocenters. The van der Waals surface area contributed by atoms with Gasteiger partial charge in [0.15, 0.2) is 11.4 Å². The monoisotopic (exact) mass is 395 g/mol. The number of carbonyl (C=O) groups excluding carboxylic acids is 2. The highest BCUT2D eigenvalue weighted by Crippen LogP contribution is 2.46. The number of anilines is 1. The number of methoxy groups -OCH3 is 1. The first-order chi connectivity index (χ1) is 12.3. The topological polar surface area (TPSA) is 95.9 Å². The van der Waals surface area contributed by atoms with Crippen LogP contribution in [-0.2, 0) is 17.0 Å². The first-order valence-electron chi connectivity index (χ1n) is 7.65. The lowest BCUT2D eigenvalue weighted by Crippen LogP contribution is -2.36. The highest BCUT2D eigenvalue weighted by atomic mass is 35.5. The van der Waals surface area contributed by atoms with Crippen LogP contribution in [0.3, 0.4) is 0 Å². The standard InChI is InChI=1S/C18H15Cl2NO5/c1-26-14-5-2-9(6-10(14)8-22)13(23)7-18(25)15-11(19)3-4-12(20)16(15)21-17(18)24/h2-6,22,25H,7-8H2,1H3,(H,21,24). The van der Waals surface area contributed by atoms with E-state index in [1.165, 1.54) is 37.4 Å². The van der Waals surface area contributed by atoms with Crippen molar-refractivity contribution in [2.24, 2.45) is 0 Å². The average molecular weight is 396 g/mol. The molecule has 1 amide bonds. The van der Waals surface area contributed by atoms with Gasteiger partial charge in [0.05, 0.1) is 30.8 Å². The van der Waals surface area contributed by atoms with E-state index in [1.54, 1.807) is 0 Å². The van der Waals surface area contributed by atoms with Gasteiger partial charge in [-0.15, -0.1) is 0 Å². The predicted molar refractivity (Wildman–Crippen MR) is 96.9 cm³/mol. The van der Waals surface area contributed by atoms with E-state index in [1.807, 2.05) is 0 Å². The molecule has 26 heavy (non-hydrogen) atoms. The number of hydrogen-bond acceptors (Lipinski definition) is 5. The number of halogens is 2. The van der Waals surface area contributed by atoms with Crippen LogP contribution >= 0.6 is 23.2 Å². The Morgan fingerprint density at radius 2 is 1.92 bits per heavy atom. The molecule has 0 aromatic heterocycles. The molecule has 0 bridgehead atoms. The Balaban J connectivity index is 1.98. The largest absolute Gasteiger partial charge is 0.496 e.